The average Bonchev–Trinajstić information content (AvgIpc) is 3.03. The quantitative estimate of drug-likeness (QED) is 0.885. The maximum absolute atomic E-state index is 11.4. The molecule has 0 aromatic heterocycles. The minimum Gasteiger partial charge on any atom is -0.480 e. The molecule has 0 radical (unpaired) electrons. The van der Waals surface area contributed by atoms with Crippen LogP contribution in [0, 0.1) is 44.8 Å². The SMILES string of the molecule is N#CC1(C#N)[C@H](c2ccccc2Cl)[C@@]1(C#N)C(=O)O. The minimum absolute atomic E-state index is 0.237. The Bertz CT molecular complexity index is 681. The van der Waals surface area contributed by atoms with Gasteiger partial charge >= 0.3 is 5.97 Å². The highest BCUT2D eigenvalue weighted by molar-refractivity contribution is 6.31. The van der Waals surface area contributed by atoms with Crippen LogP contribution in [0.4, 0.5) is 0 Å². The van der Waals surface area contributed by atoms with Gasteiger partial charge in [-0.1, -0.05) is 29.8 Å². The van der Waals surface area contributed by atoms with Crippen molar-refractivity contribution in [2.45, 2.75) is 5.92 Å². The second-order valence-corrected chi connectivity index (χ2v) is 4.62. The van der Waals surface area contributed by atoms with Crippen molar-refractivity contribution in [3.05, 3.63) is 34.9 Å². The molecule has 6 heteroatoms. The summed E-state index contributed by atoms with van der Waals surface area (Å²) < 4.78 is 0. The first-order chi connectivity index (χ1) is 9.01. The molecule has 19 heavy (non-hydrogen) atoms. The lowest BCUT2D eigenvalue weighted by Crippen LogP contribution is -2.20. The molecule has 1 aromatic carbocycles. The fourth-order valence-corrected chi connectivity index (χ4v) is 2.72. The number of hydrogen-bond donors (Lipinski definition) is 1. The summed E-state index contributed by atoms with van der Waals surface area (Å²) in [7, 11) is 0. The van der Waals surface area contributed by atoms with Crippen molar-refractivity contribution < 1.29 is 9.90 Å². The predicted molar refractivity (Wildman–Crippen MR) is 63.5 cm³/mol. The molecule has 5 nitrogen and oxygen atoms in total. The number of carboxylic acid groups (broad SMARTS) is 1. The first-order valence-electron chi connectivity index (χ1n) is 5.23. The maximum Gasteiger partial charge on any atom is 0.327 e. The van der Waals surface area contributed by atoms with Crippen molar-refractivity contribution in [1.82, 2.24) is 0 Å². The van der Waals surface area contributed by atoms with Crippen molar-refractivity contribution in [2.75, 3.05) is 0 Å². The molecule has 0 unspecified atom stereocenters. The molecule has 0 aliphatic heterocycles. The van der Waals surface area contributed by atoms with E-state index >= 15 is 0 Å². The predicted octanol–water partition coefficient (Wildman–Crippen LogP) is 2.07. The number of aliphatic carboxylic acids is 1. The Hall–Kier alpha value is -2.55. The van der Waals surface area contributed by atoms with Gasteiger partial charge in [0.05, 0.1) is 24.1 Å². The van der Waals surface area contributed by atoms with Gasteiger partial charge in [0.2, 0.25) is 0 Å². The van der Waals surface area contributed by atoms with E-state index in [2.05, 4.69) is 0 Å². The monoisotopic (exact) mass is 271 g/mol. The summed E-state index contributed by atoms with van der Waals surface area (Å²) in [4.78, 5) is 11.4. The number of halogens is 1. The van der Waals surface area contributed by atoms with Gasteiger partial charge < -0.3 is 5.11 Å². The Balaban J connectivity index is 2.70. The highest BCUT2D eigenvalue weighted by Crippen LogP contribution is 2.74. The summed E-state index contributed by atoms with van der Waals surface area (Å²) in [6.07, 6.45) is 0. The number of rotatable bonds is 2. The topological polar surface area (TPSA) is 109 Å². The van der Waals surface area contributed by atoms with Crippen LogP contribution in [0.2, 0.25) is 5.02 Å². The van der Waals surface area contributed by atoms with Crippen LogP contribution in [0.15, 0.2) is 24.3 Å². The van der Waals surface area contributed by atoms with Crippen LogP contribution in [0.3, 0.4) is 0 Å². The minimum atomic E-state index is -2.07. The Morgan fingerprint density at radius 3 is 2.16 bits per heavy atom. The molecule has 0 amide bonds. The zero-order chi connectivity index (χ0) is 14.3. The summed E-state index contributed by atoms with van der Waals surface area (Å²) in [5.41, 5.74) is -3.64. The van der Waals surface area contributed by atoms with Gasteiger partial charge in [0.1, 0.15) is 0 Å². The van der Waals surface area contributed by atoms with Gasteiger partial charge in [-0.3, -0.25) is 4.79 Å². The van der Waals surface area contributed by atoms with Crippen LogP contribution in [-0.2, 0) is 4.79 Å². The van der Waals surface area contributed by atoms with Crippen LogP contribution in [-0.4, -0.2) is 11.1 Å². The molecule has 2 atom stereocenters. The second kappa shape index (κ2) is 3.99. The van der Waals surface area contributed by atoms with E-state index in [0.29, 0.717) is 5.56 Å². The first kappa shape index (κ1) is 12.9. The molecule has 1 aliphatic rings. The molecular weight excluding hydrogens is 266 g/mol. The molecule has 0 saturated heterocycles. The standard InChI is InChI=1S/C13H6ClN3O2/c14-9-4-2-1-3-8(9)10-12(5-15,6-16)13(10,7-17)11(18)19/h1-4,10H,(H,18,19)/t10-,13-/m0/s1. The van der Waals surface area contributed by atoms with Crippen LogP contribution in [0.1, 0.15) is 11.5 Å². The molecular formula is C13H6ClN3O2. The third-order valence-corrected chi connectivity index (χ3v) is 3.83. The summed E-state index contributed by atoms with van der Waals surface area (Å²) in [6, 6.07) is 11.3. The molecule has 1 N–H and O–H groups in total. The molecule has 0 heterocycles. The van der Waals surface area contributed by atoms with Crippen molar-refractivity contribution in [2.24, 2.45) is 10.8 Å². The molecule has 2 rings (SSSR count). The van der Waals surface area contributed by atoms with E-state index in [4.69, 9.17) is 22.1 Å². The van der Waals surface area contributed by atoms with E-state index in [1.165, 1.54) is 12.1 Å². The molecule has 1 fully saturated rings. The second-order valence-electron chi connectivity index (χ2n) is 4.21. The van der Waals surface area contributed by atoms with Gasteiger partial charge in [0.15, 0.2) is 10.8 Å². The molecule has 1 saturated carbocycles. The molecule has 92 valence electrons. The first-order valence-corrected chi connectivity index (χ1v) is 5.61. The number of carbonyl (C=O) groups is 1. The Labute approximate surface area is 113 Å². The van der Waals surface area contributed by atoms with E-state index in [1.54, 1.807) is 30.3 Å². The van der Waals surface area contributed by atoms with E-state index in [9.17, 15) is 15.2 Å². The zero-order valence-electron chi connectivity index (χ0n) is 9.46. The van der Waals surface area contributed by atoms with Crippen LogP contribution in [0.5, 0.6) is 0 Å². The van der Waals surface area contributed by atoms with Gasteiger partial charge in [0.25, 0.3) is 0 Å². The third-order valence-electron chi connectivity index (χ3n) is 3.49. The largest absolute Gasteiger partial charge is 0.480 e. The zero-order valence-corrected chi connectivity index (χ0v) is 10.2. The number of nitriles is 3. The van der Waals surface area contributed by atoms with Crippen molar-refractivity contribution in [3.8, 4) is 18.2 Å². The number of benzene rings is 1. The number of hydrogen-bond acceptors (Lipinski definition) is 4. The summed E-state index contributed by atoms with van der Waals surface area (Å²) in [6.45, 7) is 0. The molecule has 1 aliphatic carbocycles. The lowest BCUT2D eigenvalue weighted by Gasteiger charge is -2.03. The van der Waals surface area contributed by atoms with Gasteiger partial charge in [-0.25, -0.2) is 0 Å². The summed E-state index contributed by atoms with van der Waals surface area (Å²) >= 11 is 5.97. The number of nitrogens with zero attached hydrogens (tertiary/aromatic N) is 3. The highest BCUT2D eigenvalue weighted by atomic mass is 35.5. The van der Waals surface area contributed by atoms with Gasteiger partial charge in [0, 0.05) is 5.02 Å². The van der Waals surface area contributed by atoms with Crippen LogP contribution in [0.25, 0.3) is 0 Å². The molecule has 1 aromatic rings. The summed E-state index contributed by atoms with van der Waals surface area (Å²) in [5, 5.41) is 37.0. The van der Waals surface area contributed by atoms with E-state index in [1.807, 2.05) is 0 Å². The highest BCUT2D eigenvalue weighted by Gasteiger charge is 2.85. The lowest BCUT2D eigenvalue weighted by molar-refractivity contribution is -0.141. The van der Waals surface area contributed by atoms with E-state index in [0.717, 1.165) is 0 Å². The van der Waals surface area contributed by atoms with Gasteiger partial charge in [-0.2, -0.15) is 15.8 Å². The van der Waals surface area contributed by atoms with Crippen LogP contribution >= 0.6 is 11.6 Å². The summed E-state index contributed by atoms with van der Waals surface area (Å²) in [5.74, 6) is -2.53. The fourth-order valence-electron chi connectivity index (χ4n) is 2.47. The normalized spacial score (nSPS) is 26.5. The van der Waals surface area contributed by atoms with Crippen molar-refractivity contribution in [3.63, 3.8) is 0 Å². The number of carboxylic acids is 1. The lowest BCUT2D eigenvalue weighted by atomic mass is 9.97. The Kier molecular flexibility index (Phi) is 2.71. The Morgan fingerprint density at radius 1 is 1.21 bits per heavy atom. The van der Waals surface area contributed by atoms with Crippen molar-refractivity contribution in [1.29, 1.82) is 15.8 Å². The van der Waals surface area contributed by atoms with Gasteiger partial charge in [-0.05, 0) is 11.6 Å². The third kappa shape index (κ3) is 1.30. The average molecular weight is 272 g/mol. The molecule has 0 spiro atoms. The maximum atomic E-state index is 11.4. The Morgan fingerprint density at radius 2 is 1.79 bits per heavy atom. The fraction of sp³-hybridized carbons (Fsp3) is 0.231. The molecule has 0 bridgehead atoms. The van der Waals surface area contributed by atoms with Crippen LogP contribution < -0.4 is 0 Å². The van der Waals surface area contributed by atoms with Crippen molar-refractivity contribution >= 4 is 17.6 Å². The van der Waals surface area contributed by atoms with E-state index < -0.39 is 22.7 Å². The van der Waals surface area contributed by atoms with E-state index in [-0.39, 0.29) is 5.02 Å². The smallest absolute Gasteiger partial charge is 0.327 e. The van der Waals surface area contributed by atoms with Gasteiger partial charge in [-0.15, -0.1) is 0 Å².